The quantitative estimate of drug-likeness (QED) is 0.509. The van der Waals surface area contributed by atoms with Crippen LogP contribution in [0.5, 0.6) is 0 Å². The summed E-state index contributed by atoms with van der Waals surface area (Å²) in [5.41, 5.74) is 2.35. The number of aryl methyl sites for hydroxylation is 1. The largest absolute Gasteiger partial charge is 0.392 e. The minimum absolute atomic E-state index is 0.154. The molecular formula is C13H19N5OS. The van der Waals surface area contributed by atoms with Gasteiger partial charge in [-0.15, -0.1) is 11.3 Å². The van der Waals surface area contributed by atoms with Crippen LogP contribution in [-0.4, -0.2) is 27.2 Å². The summed E-state index contributed by atoms with van der Waals surface area (Å²) < 4.78 is 0. The molecule has 1 aliphatic carbocycles. The Hall–Kier alpha value is -1.44. The molecule has 2 atom stereocenters. The number of hydrazine groups is 1. The van der Waals surface area contributed by atoms with Gasteiger partial charge in [-0.25, -0.2) is 10.8 Å². The van der Waals surface area contributed by atoms with Crippen molar-refractivity contribution in [1.82, 2.24) is 9.97 Å². The summed E-state index contributed by atoms with van der Waals surface area (Å²) in [5.74, 6) is 6.61. The number of nitrogens with zero attached hydrogens (tertiary/aromatic N) is 2. The highest BCUT2D eigenvalue weighted by atomic mass is 32.1. The highest BCUT2D eigenvalue weighted by molar-refractivity contribution is 7.18. The predicted octanol–water partition coefficient (Wildman–Crippen LogP) is 1.86. The number of nitrogen functional groups attached to an aromatic ring is 1. The van der Waals surface area contributed by atoms with Crippen LogP contribution in [-0.2, 0) is 0 Å². The molecule has 3 rings (SSSR count). The van der Waals surface area contributed by atoms with Crippen LogP contribution in [0.4, 0.5) is 11.8 Å². The first-order valence-corrected chi connectivity index (χ1v) is 7.43. The number of aromatic nitrogens is 2. The Kier molecular flexibility index (Phi) is 3.07. The molecule has 0 saturated heterocycles. The van der Waals surface area contributed by atoms with Gasteiger partial charge < -0.3 is 10.4 Å². The number of hydrogen-bond donors (Lipinski definition) is 4. The lowest BCUT2D eigenvalue weighted by Gasteiger charge is -2.49. The Bertz CT molecular complexity index is 653. The molecule has 0 bridgehead atoms. The van der Waals surface area contributed by atoms with Gasteiger partial charge in [-0.3, -0.25) is 5.43 Å². The molecule has 6 nitrogen and oxygen atoms in total. The summed E-state index contributed by atoms with van der Waals surface area (Å²) >= 11 is 1.61. The predicted molar refractivity (Wildman–Crippen MR) is 81.8 cm³/mol. The number of nitrogens with two attached hydrogens (primary N) is 1. The van der Waals surface area contributed by atoms with E-state index in [1.807, 2.05) is 6.92 Å². The Labute approximate surface area is 121 Å². The van der Waals surface area contributed by atoms with Crippen LogP contribution in [0, 0.1) is 12.3 Å². The van der Waals surface area contributed by atoms with Crippen molar-refractivity contribution in [3.05, 3.63) is 10.9 Å². The SMILES string of the molecule is Cc1cc2c(NC3CC(O)C3(C)C)nc(NN)nc2s1. The summed E-state index contributed by atoms with van der Waals surface area (Å²) in [6.07, 6.45) is 0.459. The molecule has 0 aromatic carbocycles. The molecule has 2 heterocycles. The topological polar surface area (TPSA) is 96.1 Å². The lowest BCUT2D eigenvalue weighted by atomic mass is 9.64. The van der Waals surface area contributed by atoms with E-state index in [4.69, 9.17) is 5.84 Å². The second-order valence-electron chi connectivity index (χ2n) is 5.89. The van der Waals surface area contributed by atoms with Crippen molar-refractivity contribution >= 4 is 33.3 Å². The first-order valence-electron chi connectivity index (χ1n) is 6.61. The molecule has 2 unspecified atom stereocenters. The number of aliphatic hydroxyl groups is 1. The third kappa shape index (κ3) is 2.02. The normalized spacial score (nSPS) is 24.4. The van der Waals surface area contributed by atoms with Gasteiger partial charge in [0.25, 0.3) is 0 Å². The van der Waals surface area contributed by atoms with E-state index in [1.54, 1.807) is 11.3 Å². The zero-order valence-electron chi connectivity index (χ0n) is 11.8. The Morgan fingerprint density at radius 1 is 1.45 bits per heavy atom. The van der Waals surface area contributed by atoms with Gasteiger partial charge >= 0.3 is 0 Å². The molecular weight excluding hydrogens is 274 g/mol. The molecule has 1 aliphatic rings. The molecule has 0 amide bonds. The maximum Gasteiger partial charge on any atom is 0.240 e. The highest BCUT2D eigenvalue weighted by Crippen LogP contribution is 2.43. The van der Waals surface area contributed by atoms with Crippen molar-refractivity contribution in [3.8, 4) is 0 Å². The lowest BCUT2D eigenvalue weighted by molar-refractivity contribution is -0.0511. The molecule has 20 heavy (non-hydrogen) atoms. The van der Waals surface area contributed by atoms with Gasteiger partial charge in [0, 0.05) is 16.3 Å². The standard InChI is InChI=1S/C13H19N5OS/c1-6-4-7-10(15-8-5-9(19)13(8,2)3)16-12(18-14)17-11(7)20-6/h4,8-9,19H,5,14H2,1-3H3,(H2,15,16,17,18). The van der Waals surface area contributed by atoms with Crippen molar-refractivity contribution in [1.29, 1.82) is 0 Å². The zero-order chi connectivity index (χ0) is 14.5. The van der Waals surface area contributed by atoms with Crippen molar-refractivity contribution < 1.29 is 5.11 Å². The Morgan fingerprint density at radius 3 is 2.80 bits per heavy atom. The van der Waals surface area contributed by atoms with Crippen molar-refractivity contribution in [2.24, 2.45) is 11.3 Å². The summed E-state index contributed by atoms with van der Waals surface area (Å²) in [4.78, 5) is 10.9. The summed E-state index contributed by atoms with van der Waals surface area (Å²) in [5, 5.41) is 14.3. The smallest absolute Gasteiger partial charge is 0.240 e. The van der Waals surface area contributed by atoms with Crippen LogP contribution in [0.15, 0.2) is 6.07 Å². The monoisotopic (exact) mass is 293 g/mol. The van der Waals surface area contributed by atoms with E-state index in [0.717, 1.165) is 22.5 Å². The molecule has 0 spiro atoms. The minimum atomic E-state index is -0.270. The van der Waals surface area contributed by atoms with Gasteiger partial charge in [-0.05, 0) is 19.4 Å². The molecule has 2 aromatic heterocycles. The molecule has 1 saturated carbocycles. The second kappa shape index (κ2) is 4.54. The molecule has 2 aromatic rings. The van der Waals surface area contributed by atoms with Gasteiger partial charge in [0.15, 0.2) is 0 Å². The number of anilines is 2. The zero-order valence-corrected chi connectivity index (χ0v) is 12.6. The van der Waals surface area contributed by atoms with E-state index in [-0.39, 0.29) is 17.6 Å². The molecule has 0 radical (unpaired) electrons. The number of rotatable bonds is 3. The maximum absolute atomic E-state index is 9.84. The molecule has 7 heteroatoms. The van der Waals surface area contributed by atoms with Crippen LogP contribution in [0.2, 0.25) is 0 Å². The van der Waals surface area contributed by atoms with Crippen LogP contribution >= 0.6 is 11.3 Å². The number of nitrogens with one attached hydrogen (secondary N) is 2. The Balaban J connectivity index is 1.98. The van der Waals surface area contributed by atoms with Crippen LogP contribution in [0.1, 0.15) is 25.1 Å². The number of fused-ring (bicyclic) bond motifs is 1. The average molecular weight is 293 g/mol. The van der Waals surface area contributed by atoms with E-state index < -0.39 is 0 Å². The third-order valence-corrected chi connectivity index (χ3v) is 5.12. The molecule has 108 valence electrons. The van der Waals surface area contributed by atoms with E-state index in [2.05, 4.69) is 40.6 Å². The number of thiophene rings is 1. The van der Waals surface area contributed by atoms with Crippen molar-refractivity contribution in [2.75, 3.05) is 10.7 Å². The van der Waals surface area contributed by atoms with Gasteiger partial charge in [0.05, 0.1) is 11.5 Å². The summed E-state index contributed by atoms with van der Waals surface area (Å²) in [6, 6.07) is 2.27. The van der Waals surface area contributed by atoms with Gasteiger partial charge in [0.1, 0.15) is 10.6 Å². The second-order valence-corrected chi connectivity index (χ2v) is 7.12. The van der Waals surface area contributed by atoms with Gasteiger partial charge in [-0.2, -0.15) is 4.98 Å². The number of hydrogen-bond acceptors (Lipinski definition) is 7. The first kappa shape index (κ1) is 13.5. The van der Waals surface area contributed by atoms with E-state index in [1.165, 1.54) is 4.88 Å². The third-order valence-electron chi connectivity index (χ3n) is 4.17. The van der Waals surface area contributed by atoms with E-state index >= 15 is 0 Å². The fraction of sp³-hybridized carbons (Fsp3) is 0.538. The van der Waals surface area contributed by atoms with Gasteiger partial charge in [0.2, 0.25) is 5.95 Å². The van der Waals surface area contributed by atoms with Crippen molar-refractivity contribution in [2.45, 2.75) is 39.3 Å². The lowest BCUT2D eigenvalue weighted by Crippen LogP contribution is -2.57. The molecule has 0 aliphatic heterocycles. The van der Waals surface area contributed by atoms with Crippen LogP contribution in [0.3, 0.4) is 0 Å². The van der Waals surface area contributed by atoms with E-state index in [0.29, 0.717) is 5.95 Å². The van der Waals surface area contributed by atoms with Crippen LogP contribution in [0.25, 0.3) is 10.2 Å². The minimum Gasteiger partial charge on any atom is -0.392 e. The fourth-order valence-electron chi connectivity index (χ4n) is 2.53. The van der Waals surface area contributed by atoms with E-state index in [9.17, 15) is 5.11 Å². The number of aliphatic hydroxyl groups excluding tert-OH is 1. The fourth-order valence-corrected chi connectivity index (χ4v) is 3.41. The Morgan fingerprint density at radius 2 is 2.20 bits per heavy atom. The van der Waals surface area contributed by atoms with Crippen LogP contribution < -0.4 is 16.6 Å². The average Bonchev–Trinajstić information content (AvgIpc) is 2.78. The molecule has 5 N–H and O–H groups in total. The van der Waals surface area contributed by atoms with Crippen molar-refractivity contribution in [3.63, 3.8) is 0 Å². The summed E-state index contributed by atoms with van der Waals surface area (Å²) in [6.45, 7) is 6.15. The molecule has 1 fully saturated rings. The first-order chi connectivity index (χ1) is 9.41. The maximum atomic E-state index is 9.84. The highest BCUT2D eigenvalue weighted by Gasteiger charge is 2.47. The summed E-state index contributed by atoms with van der Waals surface area (Å²) in [7, 11) is 0. The van der Waals surface area contributed by atoms with Gasteiger partial charge in [-0.1, -0.05) is 13.8 Å².